The zero-order chi connectivity index (χ0) is 27.6. The van der Waals surface area contributed by atoms with E-state index in [1.54, 1.807) is 6.07 Å². The molecule has 2 aromatic heterocycles. The van der Waals surface area contributed by atoms with Gasteiger partial charge in [-0.05, 0) is 67.6 Å². The van der Waals surface area contributed by atoms with Gasteiger partial charge in [0.15, 0.2) is 4.90 Å². The maximum atomic E-state index is 13.2. The molecule has 4 rings (SSSR count). The Balaban J connectivity index is 0.00000280. The van der Waals surface area contributed by atoms with E-state index in [9.17, 15) is 18.0 Å². The van der Waals surface area contributed by atoms with Crippen LogP contribution in [-0.2, 0) is 10.0 Å². The van der Waals surface area contributed by atoms with E-state index < -0.39 is 26.4 Å². The number of nitrogens with one attached hydrogen (secondary N) is 2. The zero-order valence-electron chi connectivity index (χ0n) is 21.8. The number of hydrogen-bond donors (Lipinski definition) is 2. The number of rotatable bonds is 7. The van der Waals surface area contributed by atoms with E-state index in [4.69, 9.17) is 4.74 Å². The van der Waals surface area contributed by atoms with Crippen LogP contribution in [0.1, 0.15) is 55.2 Å². The average molecular weight is 536 g/mol. The van der Waals surface area contributed by atoms with Crippen LogP contribution in [-0.4, -0.2) is 24.3 Å². The third kappa shape index (κ3) is 5.68. The summed E-state index contributed by atoms with van der Waals surface area (Å²) < 4.78 is 33.8. The fraction of sp³-hybridized carbons (Fsp3) is 0.207. The lowest BCUT2D eigenvalue weighted by molar-refractivity contribution is 0.0978. The molecule has 9 heteroatoms. The molecule has 0 atom stereocenters. The van der Waals surface area contributed by atoms with E-state index in [1.807, 2.05) is 61.9 Å². The predicted molar refractivity (Wildman–Crippen MR) is 150 cm³/mol. The largest absolute Gasteiger partial charge is 0.438 e. The molecule has 0 saturated carbocycles. The first-order valence-electron chi connectivity index (χ1n) is 12.1. The molecule has 0 aliphatic carbocycles. The van der Waals surface area contributed by atoms with E-state index in [1.165, 1.54) is 23.9 Å². The summed E-state index contributed by atoms with van der Waals surface area (Å²) in [5, 5.41) is 0. The van der Waals surface area contributed by atoms with Gasteiger partial charge in [-0.15, -0.1) is 0 Å². The molecule has 0 fully saturated rings. The van der Waals surface area contributed by atoms with Crippen molar-refractivity contribution >= 4 is 15.9 Å². The second-order valence-electron chi connectivity index (χ2n) is 9.45. The standard InChI is InChI=1S/C29H29N3O5S.2H2/c1-17(2)21-8-10-22(11-9-21)24-13-12-23(27(33)32-38(35,36)25-7-6-14-30-28(25)34)29(31-24)37-26-19(4)15-18(3)16-20(26)5;;/h6-17H,1-5H3,(H,30,34)(H,32,33);2*1H. The van der Waals surface area contributed by atoms with Gasteiger partial charge in [-0.3, -0.25) is 9.59 Å². The smallest absolute Gasteiger partial charge is 0.270 e. The molecular weight excluding hydrogens is 502 g/mol. The summed E-state index contributed by atoms with van der Waals surface area (Å²) in [6.45, 7) is 9.95. The van der Waals surface area contributed by atoms with E-state index in [0.29, 0.717) is 17.4 Å². The number of carbonyl (C=O) groups excluding carboxylic acids is 1. The lowest BCUT2D eigenvalue weighted by atomic mass is 10.0. The molecule has 2 N–H and O–H groups in total. The molecule has 2 aromatic carbocycles. The van der Waals surface area contributed by atoms with Crippen LogP contribution < -0.4 is 15.0 Å². The zero-order valence-corrected chi connectivity index (χ0v) is 22.6. The second-order valence-corrected chi connectivity index (χ2v) is 11.1. The first-order chi connectivity index (χ1) is 18.0. The van der Waals surface area contributed by atoms with Crippen molar-refractivity contribution in [2.24, 2.45) is 0 Å². The maximum absolute atomic E-state index is 13.2. The lowest BCUT2D eigenvalue weighted by Gasteiger charge is -2.16. The molecule has 0 aliphatic rings. The number of aromatic nitrogens is 2. The van der Waals surface area contributed by atoms with Crippen LogP contribution in [0.2, 0.25) is 0 Å². The van der Waals surface area contributed by atoms with Crippen LogP contribution in [0.15, 0.2) is 76.6 Å². The van der Waals surface area contributed by atoms with E-state index >= 15 is 0 Å². The van der Waals surface area contributed by atoms with Gasteiger partial charge in [0.1, 0.15) is 11.3 Å². The fourth-order valence-corrected chi connectivity index (χ4v) is 5.19. The molecule has 8 nitrogen and oxygen atoms in total. The third-order valence-corrected chi connectivity index (χ3v) is 7.43. The predicted octanol–water partition coefficient (Wildman–Crippen LogP) is 5.89. The van der Waals surface area contributed by atoms with E-state index in [0.717, 1.165) is 28.3 Å². The molecule has 1 amide bonds. The van der Waals surface area contributed by atoms with Gasteiger partial charge in [-0.2, -0.15) is 0 Å². The fourth-order valence-electron chi connectivity index (χ4n) is 4.16. The molecule has 0 saturated heterocycles. The summed E-state index contributed by atoms with van der Waals surface area (Å²) in [6, 6.07) is 17.4. The molecule has 0 bridgehead atoms. The van der Waals surface area contributed by atoms with Crippen LogP contribution in [0.25, 0.3) is 11.3 Å². The summed E-state index contributed by atoms with van der Waals surface area (Å²) in [5.41, 5.74) is 4.33. The van der Waals surface area contributed by atoms with Gasteiger partial charge in [0.25, 0.3) is 21.5 Å². The Kier molecular flexibility index (Phi) is 7.50. The molecule has 0 unspecified atom stereocenters. The highest BCUT2D eigenvalue weighted by atomic mass is 32.2. The van der Waals surface area contributed by atoms with Crippen LogP contribution in [0.5, 0.6) is 11.6 Å². The minimum atomic E-state index is -4.45. The van der Waals surface area contributed by atoms with Crippen molar-refractivity contribution in [3.8, 4) is 22.9 Å². The number of ether oxygens (including phenoxy) is 1. The van der Waals surface area contributed by atoms with Crippen LogP contribution in [0.4, 0.5) is 0 Å². The molecule has 4 aromatic rings. The van der Waals surface area contributed by atoms with Crippen molar-refractivity contribution in [2.75, 3.05) is 0 Å². The van der Waals surface area contributed by atoms with E-state index in [2.05, 4.69) is 23.8 Å². The number of H-pyrrole nitrogens is 1. The minimum Gasteiger partial charge on any atom is -0.438 e. The van der Waals surface area contributed by atoms with Crippen molar-refractivity contribution in [1.82, 2.24) is 14.7 Å². The van der Waals surface area contributed by atoms with Crippen LogP contribution >= 0.6 is 0 Å². The first-order valence-corrected chi connectivity index (χ1v) is 13.6. The van der Waals surface area contributed by atoms with Gasteiger partial charge >= 0.3 is 0 Å². The Morgan fingerprint density at radius 1 is 1.00 bits per heavy atom. The molecule has 38 heavy (non-hydrogen) atoms. The quantitative estimate of drug-likeness (QED) is 0.305. The number of aryl methyl sites for hydroxylation is 3. The van der Waals surface area contributed by atoms with Crippen molar-refractivity contribution in [3.05, 3.63) is 105 Å². The number of nitrogens with zero attached hydrogens (tertiary/aromatic N) is 1. The molecule has 0 aliphatic heterocycles. The SMILES string of the molecule is Cc1cc(C)c(Oc2nc(-c3ccc(C(C)C)cc3)ccc2C(=O)NS(=O)(=O)c2ccc[nH]c2=O)c(C)c1.[HH].[HH]. The Morgan fingerprint density at radius 3 is 2.26 bits per heavy atom. The molecule has 0 spiro atoms. The summed E-state index contributed by atoms with van der Waals surface area (Å²) in [5.74, 6) is -0.139. The van der Waals surface area contributed by atoms with Crippen LogP contribution in [0.3, 0.4) is 0 Å². The molecule has 200 valence electrons. The topological polar surface area (TPSA) is 118 Å². The summed E-state index contributed by atoms with van der Waals surface area (Å²) in [4.78, 5) is 31.6. The number of carbonyl (C=O) groups is 1. The van der Waals surface area contributed by atoms with Gasteiger partial charge in [0, 0.05) is 14.6 Å². The number of benzene rings is 2. The Bertz CT molecular complexity index is 1660. The summed E-state index contributed by atoms with van der Waals surface area (Å²) in [6.07, 6.45) is 1.30. The first kappa shape index (κ1) is 26.8. The normalized spacial score (nSPS) is 11.4. The highest BCUT2D eigenvalue weighted by Gasteiger charge is 2.25. The van der Waals surface area contributed by atoms with Gasteiger partial charge in [0.05, 0.1) is 5.69 Å². The molecule has 0 radical (unpaired) electrons. The van der Waals surface area contributed by atoms with Gasteiger partial charge in [-0.1, -0.05) is 55.8 Å². The van der Waals surface area contributed by atoms with Gasteiger partial charge in [-0.25, -0.2) is 18.1 Å². The highest BCUT2D eigenvalue weighted by Crippen LogP contribution is 2.33. The molecular formula is C29H33N3O5S. The Hall–Kier alpha value is -4.24. The summed E-state index contributed by atoms with van der Waals surface area (Å²) in [7, 11) is -4.45. The second kappa shape index (κ2) is 10.6. The average Bonchev–Trinajstić information content (AvgIpc) is 2.86. The highest BCUT2D eigenvalue weighted by molar-refractivity contribution is 7.90. The number of amides is 1. The number of sulfonamides is 1. The van der Waals surface area contributed by atoms with Crippen molar-refractivity contribution < 1.29 is 20.8 Å². The molecule has 2 heterocycles. The number of pyridine rings is 2. The number of hydrogen-bond acceptors (Lipinski definition) is 6. The van der Waals surface area contributed by atoms with Crippen LogP contribution in [0, 0.1) is 20.8 Å². The Labute approximate surface area is 224 Å². The monoisotopic (exact) mass is 535 g/mol. The summed E-state index contributed by atoms with van der Waals surface area (Å²) >= 11 is 0. The number of aromatic amines is 1. The van der Waals surface area contributed by atoms with Gasteiger partial charge in [0.2, 0.25) is 5.88 Å². The lowest BCUT2D eigenvalue weighted by Crippen LogP contribution is -2.34. The van der Waals surface area contributed by atoms with Crippen molar-refractivity contribution in [3.63, 3.8) is 0 Å². The minimum absolute atomic E-state index is 0. The van der Waals surface area contributed by atoms with Gasteiger partial charge < -0.3 is 9.72 Å². The Morgan fingerprint density at radius 2 is 1.66 bits per heavy atom. The van der Waals surface area contributed by atoms with E-state index in [-0.39, 0.29) is 14.3 Å². The van der Waals surface area contributed by atoms with Crippen molar-refractivity contribution in [1.29, 1.82) is 0 Å². The van der Waals surface area contributed by atoms with Crippen molar-refractivity contribution in [2.45, 2.75) is 45.4 Å². The maximum Gasteiger partial charge on any atom is 0.270 e. The third-order valence-electron chi connectivity index (χ3n) is 6.08.